The van der Waals surface area contributed by atoms with Crippen LogP contribution in [-0.4, -0.2) is 19.6 Å². The summed E-state index contributed by atoms with van der Waals surface area (Å²) in [6.45, 7) is 14.6. The van der Waals surface area contributed by atoms with Crippen LogP contribution >= 0.6 is 0 Å². The van der Waals surface area contributed by atoms with Gasteiger partial charge in [-0.05, 0) is 47.6 Å². The van der Waals surface area contributed by atoms with E-state index in [0.29, 0.717) is 0 Å². The van der Waals surface area contributed by atoms with Crippen LogP contribution in [0.1, 0.15) is 57.6 Å². The smallest absolute Gasteiger partial charge is 0.0641 e. The van der Waals surface area contributed by atoms with Gasteiger partial charge in [-0.25, -0.2) is 0 Å². The van der Waals surface area contributed by atoms with Gasteiger partial charge in [0.1, 0.15) is 0 Å². The van der Waals surface area contributed by atoms with Crippen molar-refractivity contribution in [3.63, 3.8) is 0 Å². The van der Waals surface area contributed by atoms with Gasteiger partial charge in [-0.3, -0.25) is 9.36 Å². The molecule has 0 amide bonds. The Kier molecular flexibility index (Phi) is 4.52. The van der Waals surface area contributed by atoms with Crippen LogP contribution in [0, 0.1) is 6.92 Å². The SMILES string of the molecule is CCn1nccc1CN[C@@H](C)c1cn(C(C)(C)C)nc1C. The van der Waals surface area contributed by atoms with E-state index in [2.05, 4.69) is 69.3 Å². The number of rotatable bonds is 5. The van der Waals surface area contributed by atoms with Crippen LogP contribution in [0.3, 0.4) is 0 Å². The lowest BCUT2D eigenvalue weighted by molar-refractivity contribution is 0.353. The maximum atomic E-state index is 4.64. The molecule has 1 N–H and O–H groups in total. The zero-order chi connectivity index (χ0) is 15.6. The first kappa shape index (κ1) is 15.8. The number of aryl methyl sites for hydroxylation is 2. The van der Waals surface area contributed by atoms with Gasteiger partial charge < -0.3 is 5.32 Å². The molecule has 0 aromatic carbocycles. The lowest BCUT2D eigenvalue weighted by Crippen LogP contribution is -2.22. The molecule has 21 heavy (non-hydrogen) atoms. The first-order chi connectivity index (χ1) is 9.82. The number of nitrogens with one attached hydrogen (secondary N) is 1. The van der Waals surface area contributed by atoms with Gasteiger partial charge in [0.25, 0.3) is 0 Å². The lowest BCUT2D eigenvalue weighted by atomic mass is 10.1. The second-order valence-corrected chi connectivity index (χ2v) is 6.53. The maximum absolute atomic E-state index is 4.64. The summed E-state index contributed by atoms with van der Waals surface area (Å²) < 4.78 is 4.07. The van der Waals surface area contributed by atoms with Crippen LogP contribution in [-0.2, 0) is 18.6 Å². The lowest BCUT2D eigenvalue weighted by Gasteiger charge is -2.19. The van der Waals surface area contributed by atoms with Crippen molar-refractivity contribution in [2.24, 2.45) is 0 Å². The summed E-state index contributed by atoms with van der Waals surface area (Å²) in [4.78, 5) is 0. The fraction of sp³-hybridized carbons (Fsp3) is 0.625. The van der Waals surface area contributed by atoms with Gasteiger partial charge in [0.2, 0.25) is 0 Å². The first-order valence-electron chi connectivity index (χ1n) is 7.63. The summed E-state index contributed by atoms with van der Waals surface area (Å²) in [5.41, 5.74) is 3.58. The van der Waals surface area contributed by atoms with Gasteiger partial charge in [0.05, 0.1) is 16.9 Å². The fourth-order valence-corrected chi connectivity index (χ4v) is 2.40. The summed E-state index contributed by atoms with van der Waals surface area (Å²) in [5, 5.41) is 12.5. The van der Waals surface area contributed by atoms with Crippen LogP contribution < -0.4 is 5.32 Å². The van der Waals surface area contributed by atoms with Gasteiger partial charge in [-0.15, -0.1) is 0 Å². The molecule has 0 aliphatic rings. The number of nitrogens with zero attached hydrogens (tertiary/aromatic N) is 4. The molecule has 2 rings (SSSR count). The van der Waals surface area contributed by atoms with Gasteiger partial charge >= 0.3 is 0 Å². The van der Waals surface area contributed by atoms with Crippen molar-refractivity contribution >= 4 is 0 Å². The molecular weight excluding hydrogens is 262 g/mol. The minimum absolute atomic E-state index is 0.0174. The summed E-state index contributed by atoms with van der Waals surface area (Å²) in [7, 11) is 0. The van der Waals surface area contributed by atoms with Crippen LogP contribution in [0.25, 0.3) is 0 Å². The third-order valence-corrected chi connectivity index (χ3v) is 3.78. The fourth-order valence-electron chi connectivity index (χ4n) is 2.40. The van der Waals surface area contributed by atoms with Crippen LogP contribution in [0.5, 0.6) is 0 Å². The molecule has 0 unspecified atom stereocenters. The maximum Gasteiger partial charge on any atom is 0.0641 e. The molecule has 5 nitrogen and oxygen atoms in total. The molecule has 116 valence electrons. The highest BCUT2D eigenvalue weighted by atomic mass is 15.3. The van der Waals surface area contributed by atoms with Crippen LogP contribution in [0.2, 0.25) is 0 Å². The second-order valence-electron chi connectivity index (χ2n) is 6.53. The zero-order valence-electron chi connectivity index (χ0n) is 14.0. The number of hydrogen-bond acceptors (Lipinski definition) is 3. The predicted molar refractivity (Wildman–Crippen MR) is 85.1 cm³/mol. The summed E-state index contributed by atoms with van der Waals surface area (Å²) in [6, 6.07) is 2.33. The molecule has 2 heterocycles. The average molecular weight is 289 g/mol. The molecule has 0 saturated carbocycles. The van der Waals surface area contributed by atoms with E-state index < -0.39 is 0 Å². The van der Waals surface area contributed by atoms with E-state index in [1.54, 1.807) is 0 Å². The Bertz CT molecular complexity index is 588. The monoisotopic (exact) mass is 289 g/mol. The third-order valence-electron chi connectivity index (χ3n) is 3.78. The van der Waals surface area contributed by atoms with Gasteiger partial charge in [-0.2, -0.15) is 10.2 Å². The Labute approximate surface area is 127 Å². The summed E-state index contributed by atoms with van der Waals surface area (Å²) >= 11 is 0. The topological polar surface area (TPSA) is 47.7 Å². The second kappa shape index (κ2) is 6.02. The van der Waals surface area contributed by atoms with E-state index in [1.165, 1.54) is 11.3 Å². The van der Waals surface area contributed by atoms with Gasteiger partial charge in [0.15, 0.2) is 0 Å². The molecule has 0 spiro atoms. The molecule has 0 fully saturated rings. The first-order valence-corrected chi connectivity index (χ1v) is 7.63. The predicted octanol–water partition coefficient (Wildman–Crippen LogP) is 3.01. The average Bonchev–Trinajstić information content (AvgIpc) is 3.01. The third kappa shape index (κ3) is 3.53. The highest BCUT2D eigenvalue weighted by Gasteiger charge is 2.19. The van der Waals surface area contributed by atoms with E-state index in [9.17, 15) is 0 Å². The normalized spacial score (nSPS) is 13.6. The Hall–Kier alpha value is -1.62. The van der Waals surface area contributed by atoms with E-state index in [4.69, 9.17) is 0 Å². The molecule has 0 bridgehead atoms. The van der Waals surface area contributed by atoms with Crippen molar-refractivity contribution in [2.75, 3.05) is 0 Å². The summed E-state index contributed by atoms with van der Waals surface area (Å²) in [6.07, 6.45) is 4.01. The molecule has 0 saturated heterocycles. The standard InChI is InChI=1S/C16H27N5/c1-7-20-14(8-9-18-20)10-17-12(2)15-11-21(16(4,5)6)19-13(15)3/h8-9,11-12,17H,7,10H2,1-6H3/t12-/m0/s1. The quantitative estimate of drug-likeness (QED) is 0.920. The van der Waals surface area contributed by atoms with E-state index >= 15 is 0 Å². The Morgan fingerprint density at radius 1 is 1.33 bits per heavy atom. The van der Waals surface area contributed by atoms with Crippen molar-refractivity contribution in [1.29, 1.82) is 0 Å². The molecule has 5 heteroatoms. The van der Waals surface area contributed by atoms with Crippen molar-refractivity contribution < 1.29 is 0 Å². The van der Waals surface area contributed by atoms with Gasteiger partial charge in [0, 0.05) is 37.1 Å². The molecule has 0 aliphatic carbocycles. The van der Waals surface area contributed by atoms with E-state index in [-0.39, 0.29) is 11.6 Å². The molecule has 2 aromatic rings. The Balaban J connectivity index is 2.07. The number of hydrogen-bond donors (Lipinski definition) is 1. The van der Waals surface area contributed by atoms with Crippen molar-refractivity contribution in [2.45, 2.75) is 66.2 Å². The van der Waals surface area contributed by atoms with Crippen molar-refractivity contribution in [3.05, 3.63) is 35.4 Å². The van der Waals surface area contributed by atoms with Crippen LogP contribution in [0.4, 0.5) is 0 Å². The molecule has 1 atom stereocenters. The minimum atomic E-state index is 0.0174. The van der Waals surface area contributed by atoms with Crippen molar-refractivity contribution in [1.82, 2.24) is 24.9 Å². The minimum Gasteiger partial charge on any atom is -0.304 e. The Morgan fingerprint density at radius 2 is 2.05 bits per heavy atom. The highest BCUT2D eigenvalue weighted by Crippen LogP contribution is 2.21. The highest BCUT2D eigenvalue weighted by molar-refractivity contribution is 5.20. The molecule has 0 aliphatic heterocycles. The van der Waals surface area contributed by atoms with Crippen molar-refractivity contribution in [3.8, 4) is 0 Å². The Morgan fingerprint density at radius 3 is 2.62 bits per heavy atom. The van der Waals surface area contributed by atoms with Crippen LogP contribution in [0.15, 0.2) is 18.5 Å². The van der Waals surface area contributed by atoms with Gasteiger partial charge in [-0.1, -0.05) is 0 Å². The molecular formula is C16H27N5. The zero-order valence-corrected chi connectivity index (χ0v) is 14.0. The van der Waals surface area contributed by atoms with E-state index in [0.717, 1.165) is 18.8 Å². The molecule has 0 radical (unpaired) electrons. The van der Waals surface area contributed by atoms with E-state index in [1.807, 2.05) is 15.6 Å². The largest absolute Gasteiger partial charge is 0.304 e. The molecule has 2 aromatic heterocycles. The number of aromatic nitrogens is 4. The summed E-state index contributed by atoms with van der Waals surface area (Å²) in [5.74, 6) is 0.